The number of benzene rings is 1. The van der Waals surface area contributed by atoms with Crippen molar-refractivity contribution >= 4 is 38.4 Å². The van der Waals surface area contributed by atoms with E-state index in [1.54, 1.807) is 29.8 Å². The lowest BCUT2D eigenvalue weighted by Crippen LogP contribution is -2.29. The number of anilines is 1. The Balaban J connectivity index is 1.67. The topological polar surface area (TPSA) is 102 Å². The SMILES string of the molecule is Cc1cccc(N2C(=O)c3cnc4c(c(C)nn4C4CCS(=O)(=O)C4)c3C2=O)c1. The third-order valence-electron chi connectivity index (χ3n) is 5.56. The van der Waals surface area contributed by atoms with Crippen molar-refractivity contribution in [3.63, 3.8) is 0 Å². The molecule has 29 heavy (non-hydrogen) atoms. The number of hydrogen-bond acceptors (Lipinski definition) is 6. The lowest BCUT2D eigenvalue weighted by Gasteiger charge is -2.14. The van der Waals surface area contributed by atoms with Crippen LogP contribution in [0.2, 0.25) is 0 Å². The molecule has 2 aliphatic heterocycles. The molecule has 1 atom stereocenters. The Morgan fingerprint density at radius 3 is 2.62 bits per heavy atom. The first kappa shape index (κ1) is 18.0. The lowest BCUT2D eigenvalue weighted by atomic mass is 10.1. The van der Waals surface area contributed by atoms with E-state index in [0.29, 0.717) is 28.8 Å². The van der Waals surface area contributed by atoms with E-state index >= 15 is 0 Å². The number of pyridine rings is 1. The zero-order valence-corrected chi connectivity index (χ0v) is 16.7. The Labute approximate surface area is 167 Å². The van der Waals surface area contributed by atoms with Gasteiger partial charge in [-0.1, -0.05) is 12.1 Å². The fourth-order valence-electron chi connectivity index (χ4n) is 4.21. The first-order chi connectivity index (χ1) is 13.8. The molecule has 8 nitrogen and oxygen atoms in total. The van der Waals surface area contributed by atoms with Gasteiger partial charge in [-0.25, -0.2) is 23.0 Å². The van der Waals surface area contributed by atoms with Crippen LogP contribution in [0.25, 0.3) is 11.0 Å². The summed E-state index contributed by atoms with van der Waals surface area (Å²) in [4.78, 5) is 31.8. The van der Waals surface area contributed by atoms with E-state index in [2.05, 4.69) is 10.1 Å². The molecule has 1 saturated heterocycles. The Hall–Kier alpha value is -3.07. The number of aryl methyl sites for hydroxylation is 2. The zero-order chi connectivity index (χ0) is 20.5. The van der Waals surface area contributed by atoms with Gasteiger partial charge in [0.05, 0.1) is 45.4 Å². The molecule has 0 radical (unpaired) electrons. The van der Waals surface area contributed by atoms with Crippen LogP contribution in [0.5, 0.6) is 0 Å². The molecule has 4 heterocycles. The minimum atomic E-state index is -3.10. The van der Waals surface area contributed by atoms with Gasteiger partial charge in [0.25, 0.3) is 11.8 Å². The maximum Gasteiger partial charge on any atom is 0.267 e. The van der Waals surface area contributed by atoms with Crippen molar-refractivity contribution in [3.05, 3.63) is 52.8 Å². The summed E-state index contributed by atoms with van der Waals surface area (Å²) in [7, 11) is -3.10. The molecule has 1 fully saturated rings. The summed E-state index contributed by atoms with van der Waals surface area (Å²) in [5.74, 6) is -0.712. The Kier molecular flexibility index (Phi) is 3.70. The van der Waals surface area contributed by atoms with Gasteiger partial charge in [0.2, 0.25) is 0 Å². The van der Waals surface area contributed by atoms with Crippen LogP contribution in [0.15, 0.2) is 30.5 Å². The normalized spacial score (nSPS) is 20.6. The number of hydrogen-bond donors (Lipinski definition) is 0. The van der Waals surface area contributed by atoms with Gasteiger partial charge >= 0.3 is 0 Å². The fraction of sp³-hybridized carbons (Fsp3) is 0.300. The maximum absolute atomic E-state index is 13.3. The first-order valence-electron chi connectivity index (χ1n) is 9.30. The molecule has 0 spiro atoms. The summed E-state index contributed by atoms with van der Waals surface area (Å²) in [6.45, 7) is 3.64. The van der Waals surface area contributed by atoms with Crippen molar-refractivity contribution in [2.24, 2.45) is 0 Å². The van der Waals surface area contributed by atoms with Crippen molar-refractivity contribution in [1.29, 1.82) is 0 Å². The molecule has 2 amide bonds. The zero-order valence-electron chi connectivity index (χ0n) is 15.9. The predicted octanol–water partition coefficient (Wildman–Crippen LogP) is 2.21. The molecule has 5 rings (SSSR count). The number of amides is 2. The van der Waals surface area contributed by atoms with Gasteiger partial charge in [0.1, 0.15) is 0 Å². The van der Waals surface area contributed by atoms with Crippen molar-refractivity contribution < 1.29 is 18.0 Å². The smallest absolute Gasteiger partial charge is 0.267 e. The first-order valence-corrected chi connectivity index (χ1v) is 11.1. The molecule has 1 unspecified atom stereocenters. The number of carbonyl (C=O) groups is 2. The summed E-state index contributed by atoms with van der Waals surface area (Å²) >= 11 is 0. The van der Waals surface area contributed by atoms with E-state index in [4.69, 9.17) is 0 Å². The van der Waals surface area contributed by atoms with Crippen LogP contribution in [0.4, 0.5) is 5.69 Å². The minimum absolute atomic E-state index is 0.00424. The number of imide groups is 1. The van der Waals surface area contributed by atoms with E-state index in [1.807, 2.05) is 13.0 Å². The van der Waals surface area contributed by atoms with Gasteiger partial charge in [-0.2, -0.15) is 5.10 Å². The second-order valence-corrected chi connectivity index (χ2v) is 9.85. The van der Waals surface area contributed by atoms with Crippen molar-refractivity contribution in [2.45, 2.75) is 26.3 Å². The number of rotatable bonds is 2. The quantitative estimate of drug-likeness (QED) is 0.600. The van der Waals surface area contributed by atoms with Crippen LogP contribution in [0.3, 0.4) is 0 Å². The summed E-state index contributed by atoms with van der Waals surface area (Å²) in [5.41, 5.74) is 2.97. The van der Waals surface area contributed by atoms with Gasteiger partial charge < -0.3 is 0 Å². The van der Waals surface area contributed by atoms with Gasteiger partial charge in [-0.15, -0.1) is 0 Å². The largest absolute Gasteiger partial charge is 0.268 e. The second kappa shape index (κ2) is 5.96. The predicted molar refractivity (Wildman–Crippen MR) is 107 cm³/mol. The van der Waals surface area contributed by atoms with Crippen LogP contribution < -0.4 is 4.90 Å². The van der Waals surface area contributed by atoms with Crippen LogP contribution in [0, 0.1) is 13.8 Å². The highest BCUT2D eigenvalue weighted by molar-refractivity contribution is 7.91. The summed E-state index contributed by atoms with van der Waals surface area (Å²) in [5, 5.41) is 5.01. The van der Waals surface area contributed by atoms with Gasteiger partial charge in [-0.05, 0) is 38.0 Å². The molecule has 0 saturated carbocycles. The highest BCUT2D eigenvalue weighted by atomic mass is 32.2. The van der Waals surface area contributed by atoms with E-state index in [-0.39, 0.29) is 28.7 Å². The summed E-state index contributed by atoms with van der Waals surface area (Å²) < 4.78 is 25.4. The highest BCUT2D eigenvalue weighted by Gasteiger charge is 2.41. The number of carbonyl (C=O) groups excluding carboxylic acids is 2. The Morgan fingerprint density at radius 1 is 1.14 bits per heavy atom. The lowest BCUT2D eigenvalue weighted by molar-refractivity contribution is 0.0926. The minimum Gasteiger partial charge on any atom is -0.268 e. The highest BCUT2D eigenvalue weighted by Crippen LogP contribution is 2.36. The Morgan fingerprint density at radius 2 is 1.93 bits per heavy atom. The third-order valence-corrected chi connectivity index (χ3v) is 7.31. The summed E-state index contributed by atoms with van der Waals surface area (Å²) in [6, 6.07) is 6.88. The van der Waals surface area contributed by atoms with E-state index in [0.717, 1.165) is 10.5 Å². The Bertz CT molecular complexity index is 1330. The molecule has 0 N–H and O–H groups in total. The van der Waals surface area contributed by atoms with Crippen LogP contribution in [0.1, 0.15) is 44.4 Å². The fourth-order valence-corrected chi connectivity index (χ4v) is 5.90. The van der Waals surface area contributed by atoms with Crippen molar-refractivity contribution in [3.8, 4) is 0 Å². The molecule has 2 aromatic heterocycles. The number of nitrogens with zero attached hydrogens (tertiary/aromatic N) is 4. The molecule has 2 aliphatic rings. The molecule has 1 aromatic carbocycles. The molecule has 0 aliphatic carbocycles. The van der Waals surface area contributed by atoms with E-state index in [1.165, 1.54) is 6.20 Å². The van der Waals surface area contributed by atoms with Gasteiger partial charge in [0.15, 0.2) is 15.5 Å². The second-order valence-electron chi connectivity index (χ2n) is 7.62. The molecule has 3 aromatic rings. The average Bonchev–Trinajstić information content (AvgIpc) is 3.27. The van der Waals surface area contributed by atoms with Gasteiger partial charge in [-0.3, -0.25) is 9.59 Å². The molecular formula is C20H18N4O4S. The number of aromatic nitrogens is 3. The molecule has 9 heteroatoms. The maximum atomic E-state index is 13.3. The molecule has 148 valence electrons. The monoisotopic (exact) mass is 410 g/mol. The van der Waals surface area contributed by atoms with Crippen LogP contribution >= 0.6 is 0 Å². The van der Waals surface area contributed by atoms with Crippen LogP contribution in [-0.4, -0.2) is 46.5 Å². The van der Waals surface area contributed by atoms with Crippen molar-refractivity contribution in [1.82, 2.24) is 14.8 Å². The third kappa shape index (κ3) is 2.61. The molecular weight excluding hydrogens is 392 g/mol. The van der Waals surface area contributed by atoms with E-state index in [9.17, 15) is 18.0 Å². The van der Waals surface area contributed by atoms with Crippen molar-refractivity contribution in [2.75, 3.05) is 16.4 Å². The number of fused-ring (bicyclic) bond motifs is 3. The summed E-state index contributed by atoms with van der Waals surface area (Å²) in [6.07, 6.45) is 1.86. The van der Waals surface area contributed by atoms with E-state index < -0.39 is 21.7 Å². The number of sulfone groups is 1. The standard InChI is InChI=1S/C20H18N4O4S/c1-11-4-3-5-13(8-11)23-19(25)15-9-21-18-16(17(15)20(23)26)12(2)22-24(18)14-6-7-29(27,28)10-14/h3-5,8-9,14H,6-7,10H2,1-2H3. The van der Waals surface area contributed by atoms with Gasteiger partial charge in [0, 0.05) is 6.20 Å². The average molecular weight is 410 g/mol. The van der Waals surface area contributed by atoms with Crippen LogP contribution in [-0.2, 0) is 9.84 Å². The molecule has 0 bridgehead atoms.